The molecular formula is C30H29ClFN5O2S. The van der Waals surface area contributed by atoms with E-state index >= 15 is 0 Å². The fourth-order valence-corrected chi connectivity index (χ4v) is 6.06. The Bertz CT molecular complexity index is 1550. The Morgan fingerprint density at radius 2 is 1.93 bits per heavy atom. The minimum Gasteiger partial charge on any atom is -0.349 e. The highest BCUT2D eigenvalue weighted by Gasteiger charge is 2.40. The number of nitrogens with one attached hydrogen (secondary N) is 1. The molecule has 1 aliphatic rings. The Morgan fingerprint density at radius 3 is 2.62 bits per heavy atom. The van der Waals surface area contributed by atoms with Gasteiger partial charge < -0.3 is 5.32 Å². The molecule has 7 nitrogen and oxygen atoms in total. The summed E-state index contributed by atoms with van der Waals surface area (Å²) < 4.78 is 16.1. The molecule has 10 heteroatoms. The van der Waals surface area contributed by atoms with E-state index < -0.39 is 10.7 Å². The lowest BCUT2D eigenvalue weighted by Gasteiger charge is -2.24. The summed E-state index contributed by atoms with van der Waals surface area (Å²) in [4.78, 5) is 32.7. The molecular weight excluding hydrogens is 549 g/mol. The van der Waals surface area contributed by atoms with Crippen molar-refractivity contribution in [2.45, 2.75) is 38.0 Å². The number of halogens is 2. The van der Waals surface area contributed by atoms with Crippen molar-refractivity contribution in [3.8, 4) is 5.69 Å². The van der Waals surface area contributed by atoms with Crippen LogP contribution in [0.25, 0.3) is 5.69 Å². The first-order valence-electron chi connectivity index (χ1n) is 12.8. The summed E-state index contributed by atoms with van der Waals surface area (Å²) in [6.45, 7) is 6.15. The van der Waals surface area contributed by atoms with E-state index in [2.05, 4.69) is 10.3 Å². The molecule has 5 rings (SSSR count). The van der Waals surface area contributed by atoms with Gasteiger partial charge in [-0.1, -0.05) is 56.6 Å². The minimum atomic E-state index is -0.430. The second-order valence-corrected chi connectivity index (χ2v) is 12.1. The van der Waals surface area contributed by atoms with Crippen molar-refractivity contribution < 1.29 is 14.0 Å². The molecule has 0 fully saturated rings. The summed E-state index contributed by atoms with van der Waals surface area (Å²) >= 11 is 7.76. The summed E-state index contributed by atoms with van der Waals surface area (Å²) in [5, 5.41) is 8.01. The second kappa shape index (κ2) is 11.4. The quantitative estimate of drug-likeness (QED) is 0.311. The number of carbonyl (C=O) groups is 2. The van der Waals surface area contributed by atoms with E-state index in [9.17, 15) is 14.0 Å². The predicted molar refractivity (Wildman–Crippen MR) is 156 cm³/mol. The lowest BCUT2D eigenvalue weighted by atomic mass is 9.87. The summed E-state index contributed by atoms with van der Waals surface area (Å²) in [7, 11) is 0. The molecule has 3 heterocycles. The van der Waals surface area contributed by atoms with Crippen molar-refractivity contribution in [3.05, 3.63) is 106 Å². The Balaban J connectivity index is 1.66. The third kappa shape index (κ3) is 5.90. The van der Waals surface area contributed by atoms with E-state index in [1.807, 2.05) is 51.1 Å². The molecule has 4 aromatic rings. The molecule has 0 bridgehead atoms. The number of aromatic nitrogens is 3. The van der Waals surface area contributed by atoms with Gasteiger partial charge in [0.25, 0.3) is 0 Å². The van der Waals surface area contributed by atoms with Crippen molar-refractivity contribution in [3.63, 3.8) is 0 Å². The maximum absolute atomic E-state index is 14.4. The lowest BCUT2D eigenvalue weighted by Crippen LogP contribution is -2.42. The van der Waals surface area contributed by atoms with Crippen LogP contribution in [0.3, 0.4) is 0 Å². The molecule has 40 heavy (non-hydrogen) atoms. The van der Waals surface area contributed by atoms with Crippen LogP contribution in [-0.4, -0.2) is 38.9 Å². The summed E-state index contributed by atoms with van der Waals surface area (Å²) in [5.74, 6) is -0.371. The predicted octanol–water partition coefficient (Wildman–Crippen LogP) is 5.84. The second-order valence-electron chi connectivity index (χ2n) is 10.6. The standard InChI is InChI=1S/C30H29ClFN5O2S/c1-30(2,3)28-26-27(19-8-6-10-21(32)14-19)40-18-25(39)36(17-24(38)34-16-22-11-4-5-13-33-22)29(26)37(35-28)23-12-7-9-20(31)15-23/h4-15,27H,16-18H2,1-3H3,(H,34,38)/t27-/m1/s1. The van der Waals surface area contributed by atoms with Crippen LogP contribution in [0.1, 0.15) is 48.5 Å². The summed E-state index contributed by atoms with van der Waals surface area (Å²) in [6.07, 6.45) is 1.66. The van der Waals surface area contributed by atoms with E-state index in [0.29, 0.717) is 22.2 Å². The highest BCUT2D eigenvalue weighted by Crippen LogP contribution is 2.48. The Labute approximate surface area is 241 Å². The van der Waals surface area contributed by atoms with Crippen LogP contribution in [-0.2, 0) is 21.5 Å². The SMILES string of the molecule is CC(C)(C)c1nn(-c2cccc(Cl)c2)c2c1[C@@H](c1cccc(F)c1)SCC(=O)N2CC(=O)NCc1ccccn1. The number of rotatable bonds is 6. The number of amides is 2. The van der Waals surface area contributed by atoms with Crippen LogP contribution >= 0.6 is 23.4 Å². The van der Waals surface area contributed by atoms with Gasteiger partial charge in [0.1, 0.15) is 18.2 Å². The fourth-order valence-electron chi connectivity index (χ4n) is 4.69. The molecule has 1 N–H and O–H groups in total. The molecule has 2 aromatic carbocycles. The molecule has 0 aliphatic carbocycles. The molecule has 2 amide bonds. The maximum atomic E-state index is 14.4. The van der Waals surface area contributed by atoms with Gasteiger partial charge in [0.15, 0.2) is 0 Å². The first-order chi connectivity index (χ1) is 19.1. The summed E-state index contributed by atoms with van der Waals surface area (Å²) in [6, 6.07) is 19.1. The Kier molecular flexibility index (Phi) is 7.96. The first-order valence-corrected chi connectivity index (χ1v) is 14.3. The van der Waals surface area contributed by atoms with Crippen molar-refractivity contribution in [2.75, 3.05) is 17.2 Å². The molecule has 0 unspecified atom stereocenters. The largest absolute Gasteiger partial charge is 0.349 e. The average Bonchev–Trinajstić information content (AvgIpc) is 3.26. The molecule has 1 aliphatic heterocycles. The van der Waals surface area contributed by atoms with Crippen molar-refractivity contribution >= 4 is 41.0 Å². The molecule has 1 atom stereocenters. The van der Waals surface area contributed by atoms with E-state index in [1.165, 1.54) is 28.8 Å². The zero-order valence-electron chi connectivity index (χ0n) is 22.4. The van der Waals surface area contributed by atoms with Crippen molar-refractivity contribution in [1.29, 1.82) is 0 Å². The van der Waals surface area contributed by atoms with Gasteiger partial charge in [-0.25, -0.2) is 9.07 Å². The number of carbonyl (C=O) groups excluding carboxylic acids is 2. The normalized spacial score (nSPS) is 15.5. The molecule has 0 radical (unpaired) electrons. The number of anilines is 1. The highest BCUT2D eigenvalue weighted by molar-refractivity contribution is 8.00. The number of fused-ring (bicyclic) bond motifs is 1. The van der Waals surface area contributed by atoms with Crippen LogP contribution in [0.4, 0.5) is 10.2 Å². The van der Waals surface area contributed by atoms with Gasteiger partial charge in [-0.05, 0) is 48.0 Å². The molecule has 206 valence electrons. The van der Waals surface area contributed by atoms with Crippen molar-refractivity contribution in [1.82, 2.24) is 20.1 Å². The number of nitrogens with zero attached hydrogens (tertiary/aromatic N) is 4. The molecule has 0 saturated carbocycles. The zero-order valence-corrected chi connectivity index (χ0v) is 24.0. The first kappa shape index (κ1) is 27.9. The molecule has 0 saturated heterocycles. The van der Waals surface area contributed by atoms with E-state index in [1.54, 1.807) is 35.1 Å². The van der Waals surface area contributed by atoms with Gasteiger partial charge >= 0.3 is 0 Å². The van der Waals surface area contributed by atoms with Gasteiger partial charge in [-0.2, -0.15) is 5.10 Å². The van der Waals surface area contributed by atoms with E-state index in [0.717, 1.165) is 16.8 Å². The fraction of sp³-hybridized carbons (Fsp3) is 0.267. The van der Waals surface area contributed by atoms with E-state index in [-0.39, 0.29) is 36.5 Å². The number of benzene rings is 2. The van der Waals surface area contributed by atoms with Gasteiger partial charge in [0.05, 0.1) is 34.6 Å². The monoisotopic (exact) mass is 577 g/mol. The van der Waals surface area contributed by atoms with Gasteiger partial charge in [0, 0.05) is 22.2 Å². The van der Waals surface area contributed by atoms with Crippen LogP contribution in [0.15, 0.2) is 72.9 Å². The third-order valence-corrected chi connectivity index (χ3v) is 7.99. The number of pyridine rings is 1. The van der Waals surface area contributed by atoms with Crippen LogP contribution in [0, 0.1) is 5.82 Å². The zero-order chi connectivity index (χ0) is 28.4. The van der Waals surface area contributed by atoms with Crippen LogP contribution in [0.2, 0.25) is 5.02 Å². The maximum Gasteiger partial charge on any atom is 0.240 e. The highest BCUT2D eigenvalue weighted by atomic mass is 35.5. The van der Waals surface area contributed by atoms with Crippen LogP contribution < -0.4 is 10.2 Å². The number of thioether (sulfide) groups is 1. The minimum absolute atomic E-state index is 0.0997. The average molecular weight is 578 g/mol. The topological polar surface area (TPSA) is 80.1 Å². The number of hydrogen-bond donors (Lipinski definition) is 1. The van der Waals surface area contributed by atoms with E-state index in [4.69, 9.17) is 16.7 Å². The lowest BCUT2D eigenvalue weighted by molar-refractivity contribution is -0.123. The van der Waals surface area contributed by atoms with Crippen LogP contribution in [0.5, 0.6) is 0 Å². The van der Waals surface area contributed by atoms with Gasteiger partial charge in [0.2, 0.25) is 11.8 Å². The Hall–Kier alpha value is -3.69. The molecule has 2 aromatic heterocycles. The third-order valence-electron chi connectivity index (χ3n) is 6.50. The van der Waals surface area contributed by atoms with Gasteiger partial charge in [-0.15, -0.1) is 11.8 Å². The number of hydrogen-bond acceptors (Lipinski definition) is 5. The Morgan fingerprint density at radius 1 is 1.12 bits per heavy atom. The summed E-state index contributed by atoms with van der Waals surface area (Å²) in [5.41, 5.74) is 3.16. The van der Waals surface area contributed by atoms with Crippen molar-refractivity contribution in [2.24, 2.45) is 0 Å². The van der Waals surface area contributed by atoms with Gasteiger partial charge in [-0.3, -0.25) is 19.5 Å². The smallest absolute Gasteiger partial charge is 0.240 e. The molecule has 0 spiro atoms.